The summed E-state index contributed by atoms with van der Waals surface area (Å²) < 4.78 is 10.9. The third-order valence-corrected chi connectivity index (χ3v) is 2.39. The molecule has 0 amide bonds. The highest BCUT2D eigenvalue weighted by atomic mass is 35.5. The molecule has 1 unspecified atom stereocenters. The van der Waals surface area contributed by atoms with Crippen LogP contribution in [-0.4, -0.2) is 31.3 Å². The Morgan fingerprint density at radius 1 is 1.53 bits per heavy atom. The van der Waals surface area contributed by atoms with Gasteiger partial charge in [0, 0.05) is 19.3 Å². The molecule has 1 rings (SSSR count). The van der Waals surface area contributed by atoms with Crippen LogP contribution in [0.5, 0.6) is 5.88 Å². The zero-order valence-electron chi connectivity index (χ0n) is 10.5. The topological polar surface area (TPSA) is 43.4 Å². The van der Waals surface area contributed by atoms with Crippen LogP contribution < -0.4 is 10.1 Å². The van der Waals surface area contributed by atoms with Crippen molar-refractivity contribution in [2.75, 3.05) is 20.3 Å². The van der Waals surface area contributed by atoms with Crippen LogP contribution in [0.3, 0.4) is 0 Å². The highest BCUT2D eigenvalue weighted by Crippen LogP contribution is 2.23. The van der Waals surface area contributed by atoms with Gasteiger partial charge in [-0.1, -0.05) is 11.6 Å². The summed E-state index contributed by atoms with van der Waals surface area (Å²) in [6.07, 6.45) is 1.69. The first-order valence-corrected chi connectivity index (χ1v) is 6.08. The molecule has 0 radical (unpaired) electrons. The minimum absolute atomic E-state index is 0.0601. The fourth-order valence-electron chi connectivity index (χ4n) is 1.36. The maximum Gasteiger partial charge on any atom is 0.232 e. The van der Waals surface area contributed by atoms with Crippen LogP contribution in [0.1, 0.15) is 19.4 Å². The number of aromatic nitrogens is 1. The Hall–Kier alpha value is -0.840. The highest BCUT2D eigenvalue weighted by Gasteiger charge is 2.09. The zero-order chi connectivity index (χ0) is 12.7. The smallest absolute Gasteiger partial charge is 0.232 e. The molecule has 4 nitrogen and oxygen atoms in total. The van der Waals surface area contributed by atoms with Gasteiger partial charge in [0.1, 0.15) is 11.1 Å². The van der Waals surface area contributed by atoms with Gasteiger partial charge in [0.2, 0.25) is 5.88 Å². The van der Waals surface area contributed by atoms with E-state index in [1.807, 2.05) is 27.0 Å². The third kappa shape index (κ3) is 4.89. The van der Waals surface area contributed by atoms with E-state index in [0.717, 1.165) is 12.1 Å². The molecular weight excluding hydrogens is 240 g/mol. The van der Waals surface area contributed by atoms with Gasteiger partial charge in [-0.15, -0.1) is 0 Å². The van der Waals surface area contributed by atoms with E-state index in [0.29, 0.717) is 24.1 Å². The maximum atomic E-state index is 6.09. The van der Waals surface area contributed by atoms with Crippen LogP contribution >= 0.6 is 11.6 Å². The minimum atomic E-state index is -0.0601. The number of hydrogen-bond acceptors (Lipinski definition) is 4. The largest absolute Gasteiger partial charge is 0.471 e. The van der Waals surface area contributed by atoms with Gasteiger partial charge in [-0.25, -0.2) is 4.98 Å². The molecule has 5 heteroatoms. The number of halogens is 1. The van der Waals surface area contributed by atoms with Crippen LogP contribution in [0, 0.1) is 0 Å². The van der Waals surface area contributed by atoms with Crippen molar-refractivity contribution in [1.29, 1.82) is 0 Å². The van der Waals surface area contributed by atoms with Gasteiger partial charge in [-0.2, -0.15) is 0 Å². The van der Waals surface area contributed by atoms with E-state index in [2.05, 4.69) is 10.3 Å². The van der Waals surface area contributed by atoms with E-state index in [9.17, 15) is 0 Å². The van der Waals surface area contributed by atoms with E-state index < -0.39 is 0 Å². The first-order valence-electron chi connectivity index (χ1n) is 5.70. The van der Waals surface area contributed by atoms with Crippen molar-refractivity contribution in [3.05, 3.63) is 22.8 Å². The standard InChI is InChI=1S/C12H19ClN2O2/c1-4-16-8-9(2)17-12-11(13)5-10(6-14-3)7-15-12/h5,7,9,14H,4,6,8H2,1-3H3. The summed E-state index contributed by atoms with van der Waals surface area (Å²) >= 11 is 6.09. The number of hydrogen-bond donors (Lipinski definition) is 1. The van der Waals surface area contributed by atoms with Crippen LogP contribution in [0.15, 0.2) is 12.3 Å². The lowest BCUT2D eigenvalue weighted by Gasteiger charge is -2.14. The van der Waals surface area contributed by atoms with E-state index in [4.69, 9.17) is 21.1 Å². The molecule has 0 fully saturated rings. The van der Waals surface area contributed by atoms with Crippen molar-refractivity contribution in [1.82, 2.24) is 10.3 Å². The molecule has 1 aromatic rings. The van der Waals surface area contributed by atoms with Crippen LogP contribution in [0.25, 0.3) is 0 Å². The molecule has 0 aliphatic rings. The SMILES string of the molecule is CCOCC(C)Oc1ncc(CNC)cc1Cl. The molecule has 0 aliphatic heterocycles. The molecule has 1 N–H and O–H groups in total. The normalized spacial score (nSPS) is 12.5. The average molecular weight is 259 g/mol. The zero-order valence-corrected chi connectivity index (χ0v) is 11.3. The average Bonchev–Trinajstić information content (AvgIpc) is 2.30. The molecule has 1 heterocycles. The molecule has 0 aliphatic carbocycles. The predicted molar refractivity (Wildman–Crippen MR) is 68.6 cm³/mol. The van der Waals surface area contributed by atoms with E-state index in [1.165, 1.54) is 0 Å². The van der Waals surface area contributed by atoms with Crippen LogP contribution in [0.2, 0.25) is 5.02 Å². The quantitative estimate of drug-likeness (QED) is 0.815. The van der Waals surface area contributed by atoms with E-state index >= 15 is 0 Å². The lowest BCUT2D eigenvalue weighted by atomic mass is 10.3. The third-order valence-electron chi connectivity index (χ3n) is 2.11. The molecule has 96 valence electrons. The van der Waals surface area contributed by atoms with Crippen molar-refractivity contribution in [3.8, 4) is 5.88 Å². The Kier molecular flexibility index (Phi) is 6.26. The predicted octanol–water partition coefficient (Wildman–Crippen LogP) is 2.26. The van der Waals surface area contributed by atoms with Gasteiger partial charge >= 0.3 is 0 Å². The fraction of sp³-hybridized carbons (Fsp3) is 0.583. The Morgan fingerprint density at radius 2 is 2.29 bits per heavy atom. The van der Waals surface area contributed by atoms with Crippen molar-refractivity contribution in [2.45, 2.75) is 26.5 Å². The van der Waals surface area contributed by atoms with Crippen molar-refractivity contribution in [2.24, 2.45) is 0 Å². The summed E-state index contributed by atoms with van der Waals surface area (Å²) in [6, 6.07) is 1.85. The van der Waals surface area contributed by atoms with Crippen LogP contribution in [0.4, 0.5) is 0 Å². The van der Waals surface area contributed by atoms with Crippen molar-refractivity contribution in [3.63, 3.8) is 0 Å². The van der Waals surface area contributed by atoms with Crippen molar-refractivity contribution < 1.29 is 9.47 Å². The number of nitrogens with one attached hydrogen (secondary N) is 1. The van der Waals surface area contributed by atoms with Gasteiger partial charge in [0.05, 0.1) is 6.61 Å². The maximum absolute atomic E-state index is 6.09. The number of pyridine rings is 1. The number of rotatable bonds is 7. The Labute approximate surface area is 107 Å². The summed E-state index contributed by atoms with van der Waals surface area (Å²) in [4.78, 5) is 4.20. The molecule has 0 spiro atoms. The summed E-state index contributed by atoms with van der Waals surface area (Å²) in [5, 5.41) is 3.57. The van der Waals surface area contributed by atoms with Gasteiger partial charge in [0.25, 0.3) is 0 Å². The Morgan fingerprint density at radius 3 is 2.88 bits per heavy atom. The fourth-order valence-corrected chi connectivity index (χ4v) is 1.59. The van der Waals surface area contributed by atoms with Gasteiger partial charge in [0.15, 0.2) is 0 Å². The van der Waals surface area contributed by atoms with Crippen LogP contribution in [-0.2, 0) is 11.3 Å². The summed E-state index contributed by atoms with van der Waals surface area (Å²) in [6.45, 7) is 5.82. The second kappa shape index (κ2) is 7.48. The molecule has 17 heavy (non-hydrogen) atoms. The molecular formula is C12H19ClN2O2. The minimum Gasteiger partial charge on any atom is -0.471 e. The molecule has 0 bridgehead atoms. The lowest BCUT2D eigenvalue weighted by molar-refractivity contribution is 0.0634. The Balaban J connectivity index is 2.59. The molecule has 0 saturated heterocycles. The second-order valence-electron chi connectivity index (χ2n) is 3.75. The van der Waals surface area contributed by atoms with Crippen molar-refractivity contribution >= 4 is 11.6 Å². The van der Waals surface area contributed by atoms with E-state index in [1.54, 1.807) is 6.20 Å². The second-order valence-corrected chi connectivity index (χ2v) is 4.16. The molecule has 1 aromatic heterocycles. The molecule has 1 atom stereocenters. The van der Waals surface area contributed by atoms with Gasteiger partial charge < -0.3 is 14.8 Å². The first-order chi connectivity index (χ1) is 8.17. The highest BCUT2D eigenvalue weighted by molar-refractivity contribution is 6.31. The number of nitrogens with zero attached hydrogens (tertiary/aromatic N) is 1. The van der Waals surface area contributed by atoms with Gasteiger partial charge in [-0.05, 0) is 32.5 Å². The first kappa shape index (κ1) is 14.2. The summed E-state index contributed by atoms with van der Waals surface area (Å²) in [5.74, 6) is 0.457. The molecule has 0 saturated carbocycles. The monoisotopic (exact) mass is 258 g/mol. The van der Waals surface area contributed by atoms with Gasteiger partial charge in [-0.3, -0.25) is 0 Å². The summed E-state index contributed by atoms with van der Waals surface area (Å²) in [5.41, 5.74) is 1.03. The van der Waals surface area contributed by atoms with E-state index in [-0.39, 0.29) is 6.10 Å². The Bertz CT molecular complexity index is 347. The molecule has 0 aromatic carbocycles. The number of ether oxygens (including phenoxy) is 2. The summed E-state index contributed by atoms with van der Waals surface area (Å²) in [7, 11) is 1.88. The lowest BCUT2D eigenvalue weighted by Crippen LogP contribution is -2.20.